The molecule has 0 amide bonds. The lowest BCUT2D eigenvalue weighted by Crippen LogP contribution is -2.33. The number of unbranched alkanes of at least 4 members (excludes halogenated alkanes) is 1. The number of halogens is 1. The zero-order chi connectivity index (χ0) is 14.0. The number of rotatable bonds is 6. The lowest BCUT2D eigenvalue weighted by atomic mass is 10.2. The van der Waals surface area contributed by atoms with Gasteiger partial charge in [0.1, 0.15) is 0 Å². The van der Waals surface area contributed by atoms with E-state index in [0.717, 1.165) is 19.3 Å². The molecule has 0 aliphatic carbocycles. The van der Waals surface area contributed by atoms with Gasteiger partial charge < -0.3 is 0 Å². The largest absolute Gasteiger partial charge is 0.279 e. The molecule has 0 spiro atoms. The molecule has 0 fully saturated rings. The van der Waals surface area contributed by atoms with E-state index < -0.39 is 10.0 Å². The molecule has 0 saturated carbocycles. The Balaban J connectivity index is 2.28. The smallest absolute Gasteiger partial charge is 0.260 e. The molecule has 0 aliphatic rings. The van der Waals surface area contributed by atoms with Crippen LogP contribution in [0.4, 0.5) is 0 Å². The summed E-state index contributed by atoms with van der Waals surface area (Å²) < 4.78 is 28.8. The minimum absolute atomic E-state index is 0.0158. The van der Waals surface area contributed by atoms with Gasteiger partial charge in [0.25, 0.3) is 10.0 Å². The number of thiazole rings is 1. The van der Waals surface area contributed by atoms with Crippen LogP contribution in [0.5, 0.6) is 0 Å². The molecule has 0 aliphatic heterocycles. The predicted octanol–water partition coefficient (Wildman–Crippen LogP) is 2.91. The number of hydrogen-bond donors (Lipinski definition) is 1. The second-order valence-corrected chi connectivity index (χ2v) is 7.29. The zero-order valence-electron chi connectivity index (χ0n) is 10.8. The summed E-state index contributed by atoms with van der Waals surface area (Å²) in [6.45, 7) is 3.93. The highest BCUT2D eigenvalue weighted by molar-refractivity contribution is 7.89. The van der Waals surface area contributed by atoms with Crippen molar-refractivity contribution in [1.29, 1.82) is 0 Å². The Bertz CT molecular complexity index is 663. The van der Waals surface area contributed by atoms with E-state index in [4.69, 9.17) is 11.6 Å². The molecule has 19 heavy (non-hydrogen) atoms. The Kier molecular flexibility index (Phi) is 4.50. The fourth-order valence-corrected chi connectivity index (χ4v) is 4.60. The summed E-state index contributed by atoms with van der Waals surface area (Å²) in [4.78, 5) is 4.61. The van der Waals surface area contributed by atoms with Gasteiger partial charge in [-0.1, -0.05) is 31.4 Å². The second-order valence-electron chi connectivity index (χ2n) is 4.43. The first-order valence-corrected chi connectivity index (χ1v) is 8.83. The molecule has 0 aromatic carbocycles. The normalized spacial score (nSPS) is 14.1. The summed E-state index contributed by atoms with van der Waals surface area (Å²) in [7, 11) is -3.65. The highest BCUT2D eigenvalue weighted by Gasteiger charge is 2.26. The van der Waals surface area contributed by atoms with E-state index >= 15 is 0 Å². The van der Waals surface area contributed by atoms with Crippen LogP contribution < -0.4 is 4.72 Å². The Labute approximate surface area is 121 Å². The molecule has 1 N–H and O–H groups in total. The molecule has 0 radical (unpaired) electrons. The van der Waals surface area contributed by atoms with Gasteiger partial charge in [0, 0.05) is 17.6 Å². The van der Waals surface area contributed by atoms with Crippen molar-refractivity contribution < 1.29 is 8.42 Å². The van der Waals surface area contributed by atoms with E-state index in [2.05, 4.69) is 16.6 Å². The Morgan fingerprint density at radius 2 is 2.32 bits per heavy atom. The summed E-state index contributed by atoms with van der Waals surface area (Å²) in [5, 5.41) is 1.81. The fraction of sp³-hybridized carbons (Fsp3) is 0.545. The summed E-state index contributed by atoms with van der Waals surface area (Å²) >= 11 is 7.28. The van der Waals surface area contributed by atoms with Crippen molar-refractivity contribution in [3.05, 3.63) is 16.7 Å². The highest BCUT2D eigenvalue weighted by atomic mass is 35.5. The van der Waals surface area contributed by atoms with Crippen LogP contribution in [0.25, 0.3) is 4.96 Å². The summed E-state index contributed by atoms with van der Waals surface area (Å²) in [5.41, 5.74) is 0. The van der Waals surface area contributed by atoms with Gasteiger partial charge in [-0.15, -0.1) is 11.3 Å². The fourth-order valence-electron chi connectivity index (χ4n) is 1.87. The number of nitrogens with zero attached hydrogens (tertiary/aromatic N) is 2. The van der Waals surface area contributed by atoms with Gasteiger partial charge in [0.15, 0.2) is 15.1 Å². The van der Waals surface area contributed by atoms with Crippen LogP contribution >= 0.6 is 22.9 Å². The number of aromatic nitrogens is 2. The van der Waals surface area contributed by atoms with Crippen molar-refractivity contribution in [2.75, 3.05) is 0 Å². The van der Waals surface area contributed by atoms with Crippen molar-refractivity contribution in [1.82, 2.24) is 14.1 Å². The van der Waals surface area contributed by atoms with Crippen LogP contribution in [0, 0.1) is 0 Å². The molecule has 2 aromatic rings. The minimum atomic E-state index is -3.65. The lowest BCUT2D eigenvalue weighted by Gasteiger charge is -2.13. The molecular weight excluding hydrogens is 306 g/mol. The molecular formula is C11H16ClN3O2S2. The van der Waals surface area contributed by atoms with Crippen molar-refractivity contribution in [2.45, 2.75) is 44.2 Å². The van der Waals surface area contributed by atoms with Gasteiger partial charge >= 0.3 is 0 Å². The van der Waals surface area contributed by atoms with E-state index in [9.17, 15) is 8.42 Å². The monoisotopic (exact) mass is 321 g/mol. The van der Waals surface area contributed by atoms with Crippen LogP contribution in [0.2, 0.25) is 5.15 Å². The minimum Gasteiger partial charge on any atom is -0.279 e. The zero-order valence-corrected chi connectivity index (χ0v) is 13.1. The molecule has 1 atom stereocenters. The SMILES string of the molecule is CCCCC(C)NS(=O)(=O)c1c(Cl)nc2sccn12. The predicted molar refractivity (Wildman–Crippen MR) is 77.4 cm³/mol. The van der Waals surface area contributed by atoms with Crippen LogP contribution in [-0.2, 0) is 10.0 Å². The molecule has 2 rings (SSSR count). The first kappa shape index (κ1) is 14.8. The molecule has 5 nitrogen and oxygen atoms in total. The summed E-state index contributed by atoms with van der Waals surface area (Å²) in [6, 6.07) is -0.120. The quantitative estimate of drug-likeness (QED) is 0.889. The van der Waals surface area contributed by atoms with Gasteiger partial charge in [-0.3, -0.25) is 4.40 Å². The summed E-state index contributed by atoms with van der Waals surface area (Å²) in [5.74, 6) is 0. The lowest BCUT2D eigenvalue weighted by molar-refractivity contribution is 0.531. The molecule has 0 saturated heterocycles. The van der Waals surface area contributed by atoms with Gasteiger partial charge in [-0.2, -0.15) is 0 Å². The molecule has 2 aromatic heterocycles. The second kappa shape index (κ2) is 5.78. The van der Waals surface area contributed by atoms with Crippen molar-refractivity contribution >= 4 is 37.9 Å². The number of hydrogen-bond acceptors (Lipinski definition) is 4. The van der Waals surface area contributed by atoms with Crippen molar-refractivity contribution in [3.8, 4) is 0 Å². The third kappa shape index (κ3) is 3.10. The van der Waals surface area contributed by atoms with Crippen molar-refractivity contribution in [3.63, 3.8) is 0 Å². The molecule has 1 unspecified atom stereocenters. The van der Waals surface area contributed by atoms with E-state index in [-0.39, 0.29) is 16.2 Å². The average molecular weight is 322 g/mol. The summed E-state index contributed by atoms with van der Waals surface area (Å²) in [6.07, 6.45) is 4.48. The van der Waals surface area contributed by atoms with Crippen LogP contribution in [-0.4, -0.2) is 23.8 Å². The average Bonchev–Trinajstić information content (AvgIpc) is 2.84. The third-order valence-corrected chi connectivity index (χ3v) is 5.52. The van der Waals surface area contributed by atoms with E-state index in [1.165, 1.54) is 15.7 Å². The topological polar surface area (TPSA) is 63.5 Å². The number of sulfonamides is 1. The maximum absolute atomic E-state index is 12.3. The van der Waals surface area contributed by atoms with E-state index in [1.807, 2.05) is 6.92 Å². The number of imidazole rings is 1. The standard InChI is InChI=1S/C11H16ClN3O2S2/c1-3-4-5-8(2)14-19(16,17)10-9(12)13-11-15(10)6-7-18-11/h6-8,14H,3-5H2,1-2H3. The Hall–Kier alpha value is -0.630. The number of fused-ring (bicyclic) bond motifs is 1. The van der Waals surface area contributed by atoms with E-state index in [0.29, 0.717) is 4.96 Å². The number of nitrogens with one attached hydrogen (secondary N) is 1. The molecule has 0 bridgehead atoms. The molecule has 106 valence electrons. The van der Waals surface area contributed by atoms with Crippen LogP contribution in [0.15, 0.2) is 16.6 Å². The highest BCUT2D eigenvalue weighted by Crippen LogP contribution is 2.25. The van der Waals surface area contributed by atoms with Crippen molar-refractivity contribution in [2.24, 2.45) is 0 Å². The first-order chi connectivity index (χ1) is 8.95. The maximum atomic E-state index is 12.3. The Morgan fingerprint density at radius 1 is 1.58 bits per heavy atom. The first-order valence-electron chi connectivity index (χ1n) is 6.09. The maximum Gasteiger partial charge on any atom is 0.260 e. The van der Waals surface area contributed by atoms with Crippen LogP contribution in [0.3, 0.4) is 0 Å². The molecule has 2 heterocycles. The van der Waals surface area contributed by atoms with Gasteiger partial charge in [0.05, 0.1) is 0 Å². The molecule has 8 heteroatoms. The van der Waals surface area contributed by atoms with Gasteiger partial charge in [-0.25, -0.2) is 18.1 Å². The van der Waals surface area contributed by atoms with Crippen LogP contribution in [0.1, 0.15) is 33.1 Å². The third-order valence-electron chi connectivity index (χ3n) is 2.78. The van der Waals surface area contributed by atoms with Gasteiger partial charge in [0.2, 0.25) is 0 Å². The van der Waals surface area contributed by atoms with Gasteiger partial charge in [-0.05, 0) is 13.3 Å². The van der Waals surface area contributed by atoms with E-state index in [1.54, 1.807) is 11.6 Å². The Morgan fingerprint density at radius 3 is 3.00 bits per heavy atom.